The quantitative estimate of drug-likeness (QED) is 0.482. The number of nitrogens with one attached hydrogen (secondary N) is 1. The Bertz CT molecular complexity index is 1160. The van der Waals surface area contributed by atoms with Gasteiger partial charge in [-0.1, -0.05) is 23.9 Å². The summed E-state index contributed by atoms with van der Waals surface area (Å²) in [5.74, 6) is 1.56. The van der Waals surface area contributed by atoms with Gasteiger partial charge in [-0.15, -0.1) is 21.5 Å². The summed E-state index contributed by atoms with van der Waals surface area (Å²) < 4.78 is 7.81. The third-order valence-electron chi connectivity index (χ3n) is 5.34. The highest BCUT2D eigenvalue weighted by Gasteiger charge is 2.22. The molecule has 0 atom stereocenters. The smallest absolute Gasteiger partial charge is 0.235 e. The van der Waals surface area contributed by atoms with Crippen molar-refractivity contribution in [1.82, 2.24) is 14.8 Å². The molecule has 0 unspecified atom stereocenters. The Morgan fingerprint density at radius 1 is 1.34 bits per heavy atom. The summed E-state index contributed by atoms with van der Waals surface area (Å²) in [5.41, 5.74) is 2.89. The van der Waals surface area contributed by atoms with Crippen LogP contribution in [0.15, 0.2) is 29.4 Å². The number of ether oxygens (including phenoxy) is 1. The van der Waals surface area contributed by atoms with Crippen LogP contribution in [0.4, 0.5) is 5.00 Å². The summed E-state index contributed by atoms with van der Waals surface area (Å²) in [5, 5.41) is 22.4. The maximum absolute atomic E-state index is 12.6. The van der Waals surface area contributed by atoms with Gasteiger partial charge < -0.3 is 14.6 Å². The fraction of sp³-hybridized carbons (Fsp3) is 0.391. The molecule has 0 saturated carbocycles. The number of aromatic nitrogens is 3. The van der Waals surface area contributed by atoms with Crippen LogP contribution in [0.3, 0.4) is 0 Å². The van der Waals surface area contributed by atoms with E-state index in [0.717, 1.165) is 48.4 Å². The number of hydrogen-bond donors (Lipinski definition) is 1. The van der Waals surface area contributed by atoms with Crippen molar-refractivity contribution in [3.8, 4) is 11.8 Å². The molecule has 0 saturated heterocycles. The first-order valence-electron chi connectivity index (χ1n) is 10.7. The van der Waals surface area contributed by atoms with Gasteiger partial charge in [0, 0.05) is 11.4 Å². The summed E-state index contributed by atoms with van der Waals surface area (Å²) in [7, 11) is 0. The molecule has 166 valence electrons. The highest BCUT2D eigenvalue weighted by Crippen LogP contribution is 2.37. The molecular weight excluding hydrogens is 442 g/mol. The van der Waals surface area contributed by atoms with Crippen LogP contribution in [0.2, 0.25) is 0 Å². The molecule has 0 bridgehead atoms. The average molecular weight is 468 g/mol. The lowest BCUT2D eigenvalue weighted by Crippen LogP contribution is -2.15. The predicted molar refractivity (Wildman–Crippen MR) is 126 cm³/mol. The fourth-order valence-corrected chi connectivity index (χ4v) is 5.85. The van der Waals surface area contributed by atoms with Crippen molar-refractivity contribution in [1.29, 1.82) is 5.26 Å². The van der Waals surface area contributed by atoms with Crippen molar-refractivity contribution < 1.29 is 9.53 Å². The normalized spacial score (nSPS) is 12.8. The number of nitriles is 1. The zero-order valence-electron chi connectivity index (χ0n) is 18.2. The van der Waals surface area contributed by atoms with Crippen molar-refractivity contribution in [2.24, 2.45) is 0 Å². The van der Waals surface area contributed by atoms with Gasteiger partial charge in [0.25, 0.3) is 0 Å². The third-order valence-corrected chi connectivity index (χ3v) is 7.51. The van der Waals surface area contributed by atoms with Gasteiger partial charge in [0.15, 0.2) is 11.0 Å². The van der Waals surface area contributed by atoms with Gasteiger partial charge in [0.1, 0.15) is 23.4 Å². The highest BCUT2D eigenvalue weighted by atomic mass is 32.2. The van der Waals surface area contributed by atoms with E-state index in [2.05, 4.69) is 21.6 Å². The zero-order valence-corrected chi connectivity index (χ0v) is 19.8. The minimum Gasteiger partial charge on any atom is -0.486 e. The summed E-state index contributed by atoms with van der Waals surface area (Å²) in [4.78, 5) is 13.8. The maximum Gasteiger partial charge on any atom is 0.235 e. The van der Waals surface area contributed by atoms with E-state index < -0.39 is 0 Å². The number of anilines is 1. The lowest BCUT2D eigenvalue weighted by atomic mass is 9.96. The number of amides is 1. The highest BCUT2D eigenvalue weighted by molar-refractivity contribution is 7.99. The molecule has 1 aliphatic rings. The number of fused-ring (bicyclic) bond motifs is 1. The summed E-state index contributed by atoms with van der Waals surface area (Å²) in [6.07, 6.45) is 4.16. The second-order valence-corrected chi connectivity index (χ2v) is 9.66. The van der Waals surface area contributed by atoms with Crippen molar-refractivity contribution >= 4 is 34.0 Å². The molecule has 0 spiro atoms. The Labute approximate surface area is 195 Å². The lowest BCUT2D eigenvalue weighted by molar-refractivity contribution is -0.113. The lowest BCUT2D eigenvalue weighted by Gasteiger charge is -2.09. The number of carbonyl (C=O) groups excluding carboxylic acids is 1. The van der Waals surface area contributed by atoms with Gasteiger partial charge >= 0.3 is 0 Å². The number of thiophene rings is 1. The Kier molecular flexibility index (Phi) is 7.12. The van der Waals surface area contributed by atoms with Crippen LogP contribution >= 0.6 is 23.1 Å². The Morgan fingerprint density at radius 3 is 2.97 bits per heavy atom. The molecule has 2 aromatic heterocycles. The first-order valence-corrected chi connectivity index (χ1v) is 12.5. The van der Waals surface area contributed by atoms with E-state index in [-0.39, 0.29) is 11.7 Å². The molecule has 7 nitrogen and oxygen atoms in total. The van der Waals surface area contributed by atoms with E-state index in [1.165, 1.54) is 16.6 Å². The van der Waals surface area contributed by atoms with E-state index in [0.29, 0.717) is 28.9 Å². The predicted octanol–water partition coefficient (Wildman–Crippen LogP) is 4.73. The van der Waals surface area contributed by atoms with Crippen molar-refractivity contribution in [3.05, 3.63) is 51.7 Å². The Hall–Kier alpha value is -2.83. The molecule has 0 fully saturated rings. The number of hydrogen-bond acceptors (Lipinski definition) is 7. The molecule has 9 heteroatoms. The van der Waals surface area contributed by atoms with Gasteiger partial charge in [-0.2, -0.15) is 5.26 Å². The van der Waals surface area contributed by atoms with Gasteiger partial charge in [0.05, 0.1) is 11.3 Å². The fourth-order valence-electron chi connectivity index (χ4n) is 3.77. The van der Waals surface area contributed by atoms with E-state index in [4.69, 9.17) is 4.74 Å². The summed E-state index contributed by atoms with van der Waals surface area (Å²) in [6.45, 7) is 5.02. The van der Waals surface area contributed by atoms with Gasteiger partial charge in [0.2, 0.25) is 5.91 Å². The molecule has 2 heterocycles. The Balaban J connectivity index is 1.37. The largest absolute Gasteiger partial charge is 0.486 e. The second kappa shape index (κ2) is 10.2. The Morgan fingerprint density at radius 2 is 2.19 bits per heavy atom. The van der Waals surface area contributed by atoms with Crippen LogP contribution < -0.4 is 10.1 Å². The van der Waals surface area contributed by atoms with Crippen LogP contribution in [0.25, 0.3) is 0 Å². The molecule has 4 rings (SSSR count). The van der Waals surface area contributed by atoms with Crippen LogP contribution in [-0.2, 0) is 30.8 Å². The standard InChI is InChI=1S/C23H25N5O2S2/c1-3-28-20(13-30-16-8-6-7-15(2)11-16)26-27-23(28)31-14-21(29)25-22-18(12-24)17-9-4-5-10-19(17)32-22/h6-8,11H,3-5,9-10,13-14H2,1-2H3,(H,25,29). The number of aryl methyl sites for hydroxylation is 2. The SMILES string of the molecule is CCn1c(COc2cccc(C)c2)nnc1SCC(=O)Nc1sc2c(c1C#N)CCCC2. The van der Waals surface area contributed by atoms with E-state index in [9.17, 15) is 10.1 Å². The first kappa shape index (κ1) is 22.4. The molecule has 0 radical (unpaired) electrons. The molecule has 32 heavy (non-hydrogen) atoms. The van der Waals surface area contributed by atoms with E-state index >= 15 is 0 Å². The monoisotopic (exact) mass is 467 g/mol. The molecular formula is C23H25N5O2S2. The molecule has 0 aliphatic heterocycles. The number of benzene rings is 1. The maximum atomic E-state index is 12.6. The zero-order chi connectivity index (χ0) is 22.5. The van der Waals surface area contributed by atoms with Crippen molar-refractivity contribution in [3.63, 3.8) is 0 Å². The van der Waals surface area contributed by atoms with Crippen molar-refractivity contribution in [2.45, 2.75) is 57.8 Å². The van der Waals surface area contributed by atoms with Gasteiger partial charge in [-0.05, 0) is 62.8 Å². The van der Waals surface area contributed by atoms with Crippen LogP contribution in [0.1, 0.15) is 47.2 Å². The minimum atomic E-state index is -0.145. The summed E-state index contributed by atoms with van der Waals surface area (Å²) >= 11 is 2.88. The first-order chi connectivity index (χ1) is 15.6. The number of carbonyl (C=O) groups is 1. The average Bonchev–Trinajstić information content (AvgIpc) is 3.36. The van der Waals surface area contributed by atoms with E-state index in [1.54, 1.807) is 11.3 Å². The van der Waals surface area contributed by atoms with Crippen LogP contribution in [-0.4, -0.2) is 26.4 Å². The molecule has 1 amide bonds. The number of thioether (sulfide) groups is 1. The third kappa shape index (κ3) is 4.97. The number of nitrogens with zero attached hydrogens (tertiary/aromatic N) is 4. The molecule has 1 N–H and O–H groups in total. The van der Waals surface area contributed by atoms with Crippen LogP contribution in [0, 0.1) is 18.3 Å². The number of rotatable bonds is 8. The van der Waals surface area contributed by atoms with Gasteiger partial charge in [-0.3, -0.25) is 4.79 Å². The topological polar surface area (TPSA) is 92.8 Å². The van der Waals surface area contributed by atoms with Crippen LogP contribution in [0.5, 0.6) is 5.75 Å². The van der Waals surface area contributed by atoms with Crippen molar-refractivity contribution in [2.75, 3.05) is 11.1 Å². The summed E-state index contributed by atoms with van der Waals surface area (Å²) in [6, 6.07) is 10.2. The molecule has 3 aromatic rings. The van der Waals surface area contributed by atoms with Gasteiger partial charge in [-0.25, -0.2) is 0 Å². The molecule has 1 aromatic carbocycles. The van der Waals surface area contributed by atoms with E-state index in [1.807, 2.05) is 42.7 Å². The second-order valence-electron chi connectivity index (χ2n) is 7.61. The minimum absolute atomic E-state index is 0.145. The molecule has 1 aliphatic carbocycles.